The van der Waals surface area contributed by atoms with Crippen molar-refractivity contribution in [2.24, 2.45) is 10.8 Å². The van der Waals surface area contributed by atoms with Crippen LogP contribution in [0.25, 0.3) is 67.8 Å². The molecule has 18 heterocycles. The zero-order valence-electron chi connectivity index (χ0n) is 70.2. The van der Waals surface area contributed by atoms with Gasteiger partial charge in [-0.1, -0.05) is 24.3 Å². The number of amides is 6. The Kier molecular flexibility index (Phi) is 22.7. The SMILES string of the molecule is N#Cc1cccc(F)c1-c1cc(-n2ccc(N3CCOC[C@@H]3CO)n2)c2c(n1)CNC2=O.N#Cc1cccc(F)c1-c1cc(-n2ccc(N3CCOC[C@H]3CO)n2)c2c(n1)CNC2=O.N#Cc1cccc(F)c1-c1cc(-n2ccc(N3CC[C@@]4(CCNC4=O)C3)n2)c2c(n1)CNC2=O.N#Cc1cccc(F)c1-c1cc(-n2ccc(N3CC[C@]4(CCNC4=O)C3)n2)c2c(n1)CNC2=O. The van der Waals surface area contributed by atoms with Crippen molar-refractivity contribution in [1.82, 2.24) is 91.0 Å². The van der Waals surface area contributed by atoms with Crippen molar-refractivity contribution >= 4 is 58.7 Å². The number of anilines is 4. The molecule has 40 heteroatoms. The Hall–Kier alpha value is -16.1. The molecule has 12 aromatic rings. The van der Waals surface area contributed by atoms with Gasteiger partial charge in [-0.2, -0.15) is 41.4 Å². The molecule has 6 amide bonds. The van der Waals surface area contributed by atoms with E-state index in [0.717, 1.165) is 25.7 Å². The molecule has 0 bridgehead atoms. The van der Waals surface area contributed by atoms with E-state index in [0.29, 0.717) is 170 Å². The van der Waals surface area contributed by atoms with E-state index in [1.165, 1.54) is 72.8 Å². The molecule has 22 rings (SSSR count). The number of nitrogens with one attached hydrogen (secondary N) is 6. The van der Waals surface area contributed by atoms with E-state index >= 15 is 0 Å². The first-order valence-corrected chi connectivity index (χ1v) is 42.4. The summed E-state index contributed by atoms with van der Waals surface area (Å²) in [6.07, 6.45) is 10.1. The monoisotopic (exact) mass is 1780 g/mol. The Bertz CT molecular complexity index is 6540. The molecule has 664 valence electrons. The number of carbonyl (C=O) groups is 6. The summed E-state index contributed by atoms with van der Waals surface area (Å²) in [5.41, 5.74) is 6.42. The number of morpholine rings is 2. The van der Waals surface area contributed by atoms with Gasteiger partial charge in [0, 0.05) is 101 Å². The smallest absolute Gasteiger partial charge is 0.255 e. The highest BCUT2D eigenvalue weighted by molar-refractivity contribution is 6.04. The summed E-state index contributed by atoms with van der Waals surface area (Å²) < 4.78 is 75.9. The minimum atomic E-state index is -0.569. The van der Waals surface area contributed by atoms with Crippen LogP contribution in [0.2, 0.25) is 0 Å². The van der Waals surface area contributed by atoms with Gasteiger partial charge in [-0.15, -0.1) is 0 Å². The van der Waals surface area contributed by atoms with Crippen LogP contribution >= 0.6 is 0 Å². The number of aliphatic hydroxyl groups excluding tert-OH is 2. The fourth-order valence-electron chi connectivity index (χ4n) is 18.6. The number of hydrogen-bond donors (Lipinski definition) is 8. The molecular formula is C92H78F4N26O10. The third kappa shape index (κ3) is 15.5. The number of halogens is 4. The Morgan fingerprint density at radius 1 is 0.379 bits per heavy atom. The lowest BCUT2D eigenvalue weighted by Crippen LogP contribution is -2.47. The van der Waals surface area contributed by atoms with Gasteiger partial charge in [-0.3, -0.25) is 28.8 Å². The number of fused-ring (bicyclic) bond motifs is 4. The van der Waals surface area contributed by atoms with Gasteiger partial charge in [0.2, 0.25) is 11.8 Å². The number of hydrogen-bond acceptors (Lipinski definition) is 26. The largest absolute Gasteiger partial charge is 0.394 e. The highest BCUT2D eigenvalue weighted by Gasteiger charge is 2.50. The standard InChI is InChI=1S/2C24H20FN7O2.2C22H19FN6O3/c2*25-15-3-1-2-14(11-26)20(15)16-10-18(21-17(29-16)12-28-22(21)33)32-8-4-19(30-32)31-9-6-24(13-31)5-7-27-23(24)34;2*23-15-3-1-2-13(9-24)20(15)16-8-18(21-17(26-16)10-25-22(21)31)29-5-4-19(27-29)28-6-7-32-12-14(28)11-30/h2*1-4,8,10H,5-7,9,12-13H2,(H,27,34)(H,28,33);2*1-5,8,14,30H,6-7,10-12H2,(H,25,31)/t2*24-;2*14-/m1010/s1. The highest BCUT2D eigenvalue weighted by atomic mass is 19.1. The number of pyridine rings is 4. The molecule has 4 atom stereocenters. The van der Waals surface area contributed by atoms with Crippen molar-refractivity contribution in [2.45, 2.75) is 63.9 Å². The summed E-state index contributed by atoms with van der Waals surface area (Å²) in [5.74, 6) is -0.558. The van der Waals surface area contributed by atoms with Crippen LogP contribution in [0.1, 0.15) is 112 Å². The van der Waals surface area contributed by atoms with Crippen LogP contribution in [0.3, 0.4) is 0 Å². The fraction of sp³-hybridized carbons (Fsp3) is 0.283. The van der Waals surface area contributed by atoms with Gasteiger partial charge in [0.15, 0.2) is 23.3 Å². The van der Waals surface area contributed by atoms with Crippen molar-refractivity contribution in [3.05, 3.63) is 237 Å². The lowest BCUT2D eigenvalue weighted by atomic mass is 9.86. The zero-order valence-corrected chi connectivity index (χ0v) is 70.2. The van der Waals surface area contributed by atoms with Gasteiger partial charge in [-0.05, 0) is 98.5 Å². The predicted molar refractivity (Wildman–Crippen MR) is 462 cm³/mol. The molecule has 36 nitrogen and oxygen atoms in total. The number of rotatable bonds is 14. The molecule has 10 aliphatic heterocycles. The van der Waals surface area contributed by atoms with Gasteiger partial charge in [0.25, 0.3) is 23.6 Å². The van der Waals surface area contributed by atoms with E-state index in [9.17, 15) is 77.6 Å². The molecule has 8 aromatic heterocycles. The minimum absolute atomic E-state index is 0.0751. The second-order valence-corrected chi connectivity index (χ2v) is 32.8. The topological polar surface area (TPSA) is 464 Å². The van der Waals surface area contributed by atoms with Crippen LogP contribution in [0.15, 0.2) is 146 Å². The lowest BCUT2D eigenvalue weighted by molar-refractivity contribution is -0.127. The number of carbonyl (C=O) groups excluding carboxylic acids is 6. The summed E-state index contributed by atoms with van der Waals surface area (Å²) in [6, 6.07) is 38.3. The van der Waals surface area contributed by atoms with Gasteiger partial charge < -0.3 is 71.2 Å². The molecule has 0 unspecified atom stereocenters. The summed E-state index contributed by atoms with van der Waals surface area (Å²) >= 11 is 0. The summed E-state index contributed by atoms with van der Waals surface area (Å²) in [6.45, 7) is 7.66. The quantitative estimate of drug-likeness (QED) is 0.0533. The highest BCUT2D eigenvalue weighted by Crippen LogP contribution is 2.43. The molecule has 10 aliphatic rings. The summed E-state index contributed by atoms with van der Waals surface area (Å²) in [4.78, 5) is 101. The predicted octanol–water partition coefficient (Wildman–Crippen LogP) is 6.58. The van der Waals surface area contributed by atoms with Crippen LogP contribution in [-0.2, 0) is 45.2 Å². The van der Waals surface area contributed by atoms with Gasteiger partial charge in [0.1, 0.15) is 23.3 Å². The van der Waals surface area contributed by atoms with E-state index in [4.69, 9.17) is 19.7 Å². The molecule has 6 fully saturated rings. The number of nitriles is 4. The average molecular weight is 1780 g/mol. The number of benzene rings is 4. The number of aliphatic hydroxyl groups is 2. The van der Waals surface area contributed by atoms with Crippen LogP contribution in [-0.4, -0.2) is 209 Å². The first kappa shape index (κ1) is 85.3. The summed E-state index contributed by atoms with van der Waals surface area (Å²) in [7, 11) is 0. The Morgan fingerprint density at radius 3 is 0.939 bits per heavy atom. The Morgan fingerprint density at radius 2 is 0.667 bits per heavy atom. The zero-order chi connectivity index (χ0) is 91.4. The summed E-state index contributed by atoms with van der Waals surface area (Å²) in [5, 5.41) is 92.7. The Labute approximate surface area is 748 Å². The van der Waals surface area contributed by atoms with Gasteiger partial charge in [0.05, 0.1) is 248 Å². The average Bonchev–Trinajstić information content (AvgIpc) is 1.60. The molecule has 132 heavy (non-hydrogen) atoms. The number of nitrogens with zero attached hydrogens (tertiary/aromatic N) is 20. The van der Waals surface area contributed by atoms with E-state index in [1.54, 1.807) is 79.9 Å². The van der Waals surface area contributed by atoms with E-state index in [1.807, 2.05) is 46.2 Å². The van der Waals surface area contributed by atoms with E-state index in [2.05, 4.69) is 71.8 Å². The second kappa shape index (κ2) is 35.1. The van der Waals surface area contributed by atoms with Gasteiger partial charge >= 0.3 is 0 Å². The van der Waals surface area contributed by atoms with Crippen molar-refractivity contribution < 1.29 is 66.0 Å². The van der Waals surface area contributed by atoms with Crippen molar-refractivity contribution in [3.63, 3.8) is 0 Å². The maximum Gasteiger partial charge on any atom is 0.255 e. The van der Waals surface area contributed by atoms with Crippen molar-refractivity contribution in [3.8, 4) is 92.1 Å². The maximum atomic E-state index is 14.7. The molecule has 6 saturated heterocycles. The first-order chi connectivity index (χ1) is 64.2. The molecule has 8 N–H and O–H groups in total. The second-order valence-electron chi connectivity index (χ2n) is 32.8. The fourth-order valence-corrected chi connectivity index (χ4v) is 18.6. The maximum absolute atomic E-state index is 14.7. The first-order valence-electron chi connectivity index (χ1n) is 42.4. The van der Waals surface area contributed by atoms with Crippen LogP contribution in [0.5, 0.6) is 0 Å². The van der Waals surface area contributed by atoms with Crippen LogP contribution < -0.4 is 51.5 Å². The minimum Gasteiger partial charge on any atom is -0.394 e. The molecule has 0 saturated carbocycles. The van der Waals surface area contributed by atoms with Crippen LogP contribution in [0, 0.1) is 79.4 Å². The molecule has 4 aromatic carbocycles. The number of aromatic nitrogens is 12. The van der Waals surface area contributed by atoms with Crippen LogP contribution in [0.4, 0.5) is 40.8 Å². The molecule has 0 radical (unpaired) electrons. The van der Waals surface area contributed by atoms with E-state index in [-0.39, 0.29) is 165 Å². The number of ether oxygens (including phenoxy) is 2. The Balaban J connectivity index is 0.000000114. The van der Waals surface area contributed by atoms with E-state index < -0.39 is 23.3 Å². The molecular weight excluding hydrogens is 1710 g/mol. The van der Waals surface area contributed by atoms with Gasteiger partial charge in [-0.25, -0.2) is 56.2 Å². The third-order valence-corrected chi connectivity index (χ3v) is 25.3. The molecule has 2 spiro atoms. The van der Waals surface area contributed by atoms with Crippen molar-refractivity contribution in [2.75, 3.05) is 112 Å². The lowest BCUT2D eigenvalue weighted by Gasteiger charge is -2.34. The normalized spacial score (nSPS) is 19.4. The van der Waals surface area contributed by atoms with Crippen molar-refractivity contribution in [1.29, 1.82) is 21.0 Å². The third-order valence-electron chi connectivity index (χ3n) is 25.3. The molecule has 0 aliphatic carbocycles.